The number of aliphatic hydroxyl groups excluding tert-OH is 1. The van der Waals surface area contributed by atoms with Crippen LogP contribution in [0.2, 0.25) is 5.02 Å². The van der Waals surface area contributed by atoms with Crippen molar-refractivity contribution in [2.75, 3.05) is 37.6 Å². The molecule has 3 rings (SSSR count). The summed E-state index contributed by atoms with van der Waals surface area (Å²) in [5, 5.41) is 11.0. The molecule has 1 aliphatic heterocycles. The van der Waals surface area contributed by atoms with Crippen LogP contribution in [0.15, 0.2) is 48.5 Å². The topological polar surface area (TPSA) is 27.9 Å². The molecule has 0 spiro atoms. The molecule has 23 heavy (non-hydrogen) atoms. The summed E-state index contributed by atoms with van der Waals surface area (Å²) in [7, 11) is 0. The van der Waals surface area contributed by atoms with Gasteiger partial charge in [-0.3, -0.25) is 0 Å². The lowest BCUT2D eigenvalue weighted by Crippen LogP contribution is -3.15. The molecule has 122 valence electrons. The molecule has 3 nitrogen and oxygen atoms in total. The van der Waals surface area contributed by atoms with Gasteiger partial charge in [0.15, 0.2) is 0 Å². The van der Waals surface area contributed by atoms with Crippen molar-refractivity contribution in [3.05, 3.63) is 64.9 Å². The summed E-state index contributed by atoms with van der Waals surface area (Å²) in [6, 6.07) is 14.0. The largest absolute Gasteiger partial charge is 0.382 e. The number of halogens is 2. The van der Waals surface area contributed by atoms with E-state index >= 15 is 0 Å². The summed E-state index contributed by atoms with van der Waals surface area (Å²) < 4.78 is 13.0. The van der Waals surface area contributed by atoms with Gasteiger partial charge in [0, 0.05) is 10.7 Å². The number of aliphatic hydroxyl groups is 1. The van der Waals surface area contributed by atoms with Gasteiger partial charge in [-0.25, -0.2) is 4.39 Å². The van der Waals surface area contributed by atoms with Crippen LogP contribution in [0.1, 0.15) is 11.7 Å². The number of piperazine rings is 1. The van der Waals surface area contributed by atoms with E-state index in [9.17, 15) is 9.50 Å². The van der Waals surface area contributed by atoms with Crippen LogP contribution in [0.4, 0.5) is 10.1 Å². The predicted octanol–water partition coefficient (Wildman–Crippen LogP) is 1.92. The molecule has 1 atom stereocenters. The minimum Gasteiger partial charge on any atom is -0.382 e. The van der Waals surface area contributed by atoms with Crippen LogP contribution < -0.4 is 9.80 Å². The molecule has 0 amide bonds. The predicted molar refractivity (Wildman–Crippen MR) is 90.6 cm³/mol. The van der Waals surface area contributed by atoms with Crippen LogP contribution >= 0.6 is 11.6 Å². The quantitative estimate of drug-likeness (QED) is 0.893. The molecule has 1 aliphatic rings. The fourth-order valence-electron chi connectivity index (χ4n) is 3.01. The number of hydrogen-bond donors (Lipinski definition) is 2. The van der Waals surface area contributed by atoms with Gasteiger partial charge in [0.25, 0.3) is 0 Å². The highest BCUT2D eigenvalue weighted by Crippen LogP contribution is 2.16. The summed E-state index contributed by atoms with van der Waals surface area (Å²) in [6.07, 6.45) is -0.473. The molecule has 2 aromatic carbocycles. The van der Waals surface area contributed by atoms with Crippen LogP contribution in [0.25, 0.3) is 0 Å². The van der Waals surface area contributed by atoms with Gasteiger partial charge in [-0.15, -0.1) is 0 Å². The molecule has 2 N–H and O–H groups in total. The molecule has 0 saturated carbocycles. The number of nitrogens with one attached hydrogen (secondary N) is 1. The van der Waals surface area contributed by atoms with Crippen LogP contribution in [-0.4, -0.2) is 37.8 Å². The normalized spacial score (nSPS) is 17.3. The van der Waals surface area contributed by atoms with E-state index in [1.807, 2.05) is 36.4 Å². The van der Waals surface area contributed by atoms with Crippen molar-refractivity contribution in [2.45, 2.75) is 6.10 Å². The van der Waals surface area contributed by atoms with Crippen molar-refractivity contribution in [2.24, 2.45) is 0 Å². The number of quaternary nitrogens is 1. The van der Waals surface area contributed by atoms with Crippen molar-refractivity contribution in [1.82, 2.24) is 0 Å². The molecule has 1 saturated heterocycles. The monoisotopic (exact) mass is 335 g/mol. The average Bonchev–Trinajstić information content (AvgIpc) is 2.57. The Morgan fingerprint density at radius 1 is 1.04 bits per heavy atom. The SMILES string of the molecule is O[C@@H](C[NH+]1CCN(c2ccc(F)cc2)CC1)c1ccc(Cl)cc1. The zero-order chi connectivity index (χ0) is 16.2. The second-order valence-corrected chi connectivity index (χ2v) is 6.42. The zero-order valence-corrected chi connectivity index (χ0v) is 13.6. The third-order valence-electron chi connectivity index (χ3n) is 4.40. The summed E-state index contributed by atoms with van der Waals surface area (Å²) >= 11 is 5.88. The van der Waals surface area contributed by atoms with Gasteiger partial charge in [-0.05, 0) is 42.0 Å². The Morgan fingerprint density at radius 3 is 2.26 bits per heavy atom. The van der Waals surface area contributed by atoms with E-state index in [0.29, 0.717) is 11.6 Å². The molecular formula is C18H21ClFN2O+. The average molecular weight is 336 g/mol. The molecular weight excluding hydrogens is 315 g/mol. The Balaban J connectivity index is 1.52. The molecule has 0 aliphatic carbocycles. The Labute approximate surface area is 140 Å². The van der Waals surface area contributed by atoms with Crippen molar-refractivity contribution in [3.8, 4) is 0 Å². The molecule has 1 fully saturated rings. The molecule has 5 heteroatoms. The number of rotatable bonds is 4. The lowest BCUT2D eigenvalue weighted by molar-refractivity contribution is -0.904. The number of hydrogen-bond acceptors (Lipinski definition) is 2. The van der Waals surface area contributed by atoms with E-state index in [4.69, 9.17) is 11.6 Å². The van der Waals surface area contributed by atoms with Crippen molar-refractivity contribution >= 4 is 17.3 Å². The highest BCUT2D eigenvalue weighted by Gasteiger charge is 2.23. The fraction of sp³-hybridized carbons (Fsp3) is 0.333. The van der Waals surface area contributed by atoms with Gasteiger partial charge in [-0.2, -0.15) is 0 Å². The Hall–Kier alpha value is -1.62. The first kappa shape index (κ1) is 16.2. The van der Waals surface area contributed by atoms with E-state index in [1.54, 1.807) is 0 Å². The first-order valence-electron chi connectivity index (χ1n) is 7.89. The van der Waals surface area contributed by atoms with Crippen molar-refractivity contribution < 1.29 is 14.4 Å². The van der Waals surface area contributed by atoms with E-state index in [-0.39, 0.29) is 5.82 Å². The maximum atomic E-state index is 13.0. The number of nitrogens with zero attached hydrogens (tertiary/aromatic N) is 1. The van der Waals surface area contributed by atoms with E-state index in [2.05, 4.69) is 4.90 Å². The third kappa shape index (κ3) is 4.22. The Kier molecular flexibility index (Phi) is 5.16. The van der Waals surface area contributed by atoms with Crippen LogP contribution in [0.5, 0.6) is 0 Å². The van der Waals surface area contributed by atoms with Gasteiger partial charge in [0.1, 0.15) is 18.5 Å². The van der Waals surface area contributed by atoms with E-state index < -0.39 is 6.10 Å². The van der Waals surface area contributed by atoms with Gasteiger partial charge in [0.05, 0.1) is 26.2 Å². The maximum absolute atomic E-state index is 13.0. The second kappa shape index (κ2) is 7.30. The smallest absolute Gasteiger partial charge is 0.128 e. The fourth-order valence-corrected chi connectivity index (χ4v) is 3.14. The van der Waals surface area contributed by atoms with Crippen LogP contribution in [0.3, 0.4) is 0 Å². The molecule has 0 radical (unpaired) electrons. The third-order valence-corrected chi connectivity index (χ3v) is 4.65. The first-order chi connectivity index (χ1) is 11.1. The van der Waals surface area contributed by atoms with Crippen LogP contribution in [0, 0.1) is 5.82 Å². The van der Waals surface area contributed by atoms with Gasteiger partial charge < -0.3 is 14.9 Å². The Bertz CT molecular complexity index is 624. The molecule has 1 heterocycles. The molecule has 0 unspecified atom stereocenters. The summed E-state index contributed by atoms with van der Waals surface area (Å²) in [6.45, 7) is 4.44. The number of anilines is 1. The molecule has 2 aromatic rings. The first-order valence-corrected chi connectivity index (χ1v) is 8.27. The minimum atomic E-state index is -0.473. The summed E-state index contributed by atoms with van der Waals surface area (Å²) in [4.78, 5) is 3.64. The second-order valence-electron chi connectivity index (χ2n) is 5.98. The van der Waals surface area contributed by atoms with Crippen molar-refractivity contribution in [1.29, 1.82) is 0 Å². The Morgan fingerprint density at radius 2 is 1.65 bits per heavy atom. The zero-order valence-electron chi connectivity index (χ0n) is 12.9. The summed E-state index contributed by atoms with van der Waals surface area (Å²) in [5.41, 5.74) is 1.96. The maximum Gasteiger partial charge on any atom is 0.128 e. The van der Waals surface area contributed by atoms with Gasteiger partial charge in [-0.1, -0.05) is 23.7 Å². The van der Waals surface area contributed by atoms with Crippen molar-refractivity contribution in [3.63, 3.8) is 0 Å². The molecule has 0 aromatic heterocycles. The highest BCUT2D eigenvalue weighted by molar-refractivity contribution is 6.30. The van der Waals surface area contributed by atoms with E-state index in [1.165, 1.54) is 17.0 Å². The van der Waals surface area contributed by atoms with Gasteiger partial charge in [0.2, 0.25) is 0 Å². The minimum absolute atomic E-state index is 0.205. The lowest BCUT2D eigenvalue weighted by Gasteiger charge is -2.34. The highest BCUT2D eigenvalue weighted by atomic mass is 35.5. The summed E-state index contributed by atoms with van der Waals surface area (Å²) in [5.74, 6) is -0.205. The molecule has 0 bridgehead atoms. The lowest BCUT2D eigenvalue weighted by atomic mass is 10.1. The number of benzene rings is 2. The van der Waals surface area contributed by atoms with Crippen LogP contribution in [-0.2, 0) is 0 Å². The standard InChI is InChI=1S/C18H20ClFN2O/c19-15-3-1-14(2-4-15)18(23)13-21-9-11-22(12-10-21)17-7-5-16(20)6-8-17/h1-8,18,23H,9-13H2/p+1/t18-/m0/s1. The van der Waals surface area contributed by atoms with Gasteiger partial charge >= 0.3 is 0 Å². The van der Waals surface area contributed by atoms with E-state index in [0.717, 1.165) is 37.4 Å².